The molecule has 1 aromatic rings. The number of rotatable bonds is 4. The quantitative estimate of drug-likeness (QED) is 0.918. The van der Waals surface area contributed by atoms with Crippen LogP contribution in [0.1, 0.15) is 38.2 Å². The normalized spacial score (nSPS) is 23.0. The van der Waals surface area contributed by atoms with Gasteiger partial charge in [0, 0.05) is 25.6 Å². The summed E-state index contributed by atoms with van der Waals surface area (Å²) in [5, 5.41) is 7.28. The summed E-state index contributed by atoms with van der Waals surface area (Å²) in [6, 6.07) is 2.17. The molecule has 1 unspecified atom stereocenters. The molecule has 2 aliphatic heterocycles. The Morgan fingerprint density at radius 3 is 2.74 bits per heavy atom. The molecule has 3 rings (SSSR count). The van der Waals surface area contributed by atoms with E-state index in [0.29, 0.717) is 31.6 Å². The fourth-order valence-electron chi connectivity index (χ4n) is 3.40. The maximum Gasteiger partial charge on any atom is 0.317 e. The fraction of sp³-hybridized carbons (Fsp3) is 0.706. The van der Waals surface area contributed by atoms with Crippen molar-refractivity contribution in [1.29, 1.82) is 0 Å². The molecule has 2 amide bonds. The molecule has 23 heavy (non-hydrogen) atoms. The van der Waals surface area contributed by atoms with E-state index in [9.17, 15) is 4.79 Å². The Kier molecular flexibility index (Phi) is 5.24. The Morgan fingerprint density at radius 1 is 1.43 bits per heavy atom. The molecule has 2 saturated heterocycles. The summed E-state index contributed by atoms with van der Waals surface area (Å²) in [7, 11) is 0. The second-order valence-corrected chi connectivity index (χ2v) is 7.40. The summed E-state index contributed by atoms with van der Waals surface area (Å²) < 4.78 is 11.5. The number of hydrogen-bond donors (Lipinski definition) is 1. The van der Waals surface area contributed by atoms with Crippen LogP contribution >= 0.6 is 11.3 Å². The number of amides is 2. The number of nitrogens with one attached hydrogen (secondary N) is 1. The van der Waals surface area contributed by atoms with Crippen LogP contribution in [0.5, 0.6) is 0 Å². The van der Waals surface area contributed by atoms with Crippen LogP contribution in [0, 0.1) is 5.92 Å². The lowest BCUT2D eigenvalue weighted by molar-refractivity contribution is -0.189. The van der Waals surface area contributed by atoms with Gasteiger partial charge in [0.15, 0.2) is 5.79 Å². The van der Waals surface area contributed by atoms with Crippen molar-refractivity contribution in [1.82, 2.24) is 10.2 Å². The Hall–Kier alpha value is -1.11. The highest BCUT2D eigenvalue weighted by atomic mass is 32.1. The molecule has 5 nitrogen and oxygen atoms in total. The molecule has 0 saturated carbocycles. The smallest absolute Gasteiger partial charge is 0.317 e. The number of carbonyl (C=O) groups excluding carboxylic acids is 1. The lowest BCUT2D eigenvalue weighted by Crippen LogP contribution is -2.49. The first-order valence-electron chi connectivity index (χ1n) is 8.41. The molecule has 128 valence electrons. The molecular weight excluding hydrogens is 312 g/mol. The predicted octanol–water partition coefficient (Wildman–Crippen LogP) is 3.04. The maximum absolute atomic E-state index is 12.3. The molecule has 2 fully saturated rings. The molecule has 1 atom stereocenters. The molecule has 0 bridgehead atoms. The van der Waals surface area contributed by atoms with Gasteiger partial charge < -0.3 is 19.7 Å². The second-order valence-electron chi connectivity index (χ2n) is 6.62. The highest BCUT2D eigenvalue weighted by molar-refractivity contribution is 7.07. The van der Waals surface area contributed by atoms with Gasteiger partial charge in [-0.1, -0.05) is 6.92 Å². The van der Waals surface area contributed by atoms with Crippen LogP contribution in [-0.4, -0.2) is 49.6 Å². The van der Waals surface area contributed by atoms with Crippen molar-refractivity contribution in [2.45, 2.75) is 38.4 Å². The predicted molar refractivity (Wildman–Crippen MR) is 90.7 cm³/mol. The van der Waals surface area contributed by atoms with E-state index < -0.39 is 5.79 Å². The summed E-state index contributed by atoms with van der Waals surface area (Å²) in [5.74, 6) is 0.275. The zero-order chi connectivity index (χ0) is 16.3. The van der Waals surface area contributed by atoms with Crippen LogP contribution in [0.4, 0.5) is 4.79 Å². The van der Waals surface area contributed by atoms with E-state index in [1.807, 2.05) is 11.8 Å². The maximum atomic E-state index is 12.3. The Labute approximate surface area is 142 Å². The average Bonchev–Trinajstić information content (AvgIpc) is 3.25. The van der Waals surface area contributed by atoms with Gasteiger partial charge in [-0.15, -0.1) is 0 Å². The van der Waals surface area contributed by atoms with Crippen molar-refractivity contribution in [3.8, 4) is 0 Å². The van der Waals surface area contributed by atoms with Gasteiger partial charge in [-0.05, 0) is 48.1 Å². The molecule has 0 radical (unpaired) electrons. The second kappa shape index (κ2) is 7.20. The number of likely N-dealkylation sites (tertiary alicyclic amines) is 1. The third kappa shape index (κ3) is 3.87. The van der Waals surface area contributed by atoms with Crippen LogP contribution in [0.15, 0.2) is 16.8 Å². The van der Waals surface area contributed by atoms with Gasteiger partial charge in [0.2, 0.25) is 0 Å². The van der Waals surface area contributed by atoms with E-state index in [4.69, 9.17) is 9.47 Å². The lowest BCUT2D eigenvalue weighted by Gasteiger charge is -2.39. The van der Waals surface area contributed by atoms with E-state index in [-0.39, 0.29) is 6.03 Å². The zero-order valence-electron chi connectivity index (χ0n) is 13.9. The first-order chi connectivity index (χ1) is 11.1. The molecule has 2 aliphatic rings. The number of carbonyl (C=O) groups is 1. The molecule has 3 heterocycles. The van der Waals surface area contributed by atoms with Crippen molar-refractivity contribution in [3.05, 3.63) is 22.4 Å². The van der Waals surface area contributed by atoms with E-state index in [2.05, 4.69) is 29.1 Å². The number of ether oxygens (including phenoxy) is 2. The number of nitrogens with zero attached hydrogens (tertiary/aromatic N) is 1. The molecule has 0 aromatic carbocycles. The molecule has 0 spiro atoms. The number of thiophene rings is 1. The van der Waals surface area contributed by atoms with Crippen LogP contribution in [-0.2, 0) is 9.47 Å². The van der Waals surface area contributed by atoms with Crippen molar-refractivity contribution in [2.24, 2.45) is 5.92 Å². The van der Waals surface area contributed by atoms with Crippen molar-refractivity contribution >= 4 is 17.4 Å². The van der Waals surface area contributed by atoms with Gasteiger partial charge in [0.1, 0.15) is 0 Å². The monoisotopic (exact) mass is 338 g/mol. The molecule has 6 heteroatoms. The fourth-order valence-corrected chi connectivity index (χ4v) is 4.18. The highest BCUT2D eigenvalue weighted by Crippen LogP contribution is 2.34. The van der Waals surface area contributed by atoms with Crippen molar-refractivity contribution in [2.75, 3.05) is 32.8 Å². The standard InChI is InChI=1S/C17H26N2O3S/c1-13(14-5-10-23-12-14)11-18-16(20)19-6-3-15(4-7-19)17(2)21-8-9-22-17/h5,10,12-13,15H,3-4,6-9,11H2,1-2H3,(H,18,20). The molecule has 0 aliphatic carbocycles. The van der Waals surface area contributed by atoms with E-state index in [0.717, 1.165) is 25.9 Å². The summed E-state index contributed by atoms with van der Waals surface area (Å²) in [4.78, 5) is 14.2. The highest BCUT2D eigenvalue weighted by Gasteiger charge is 2.41. The summed E-state index contributed by atoms with van der Waals surface area (Å²) >= 11 is 1.70. The third-order valence-electron chi connectivity index (χ3n) is 5.06. The molecular formula is C17H26N2O3S. The number of hydrogen-bond acceptors (Lipinski definition) is 4. The van der Waals surface area contributed by atoms with Crippen LogP contribution in [0.3, 0.4) is 0 Å². The number of piperidine rings is 1. The SMILES string of the molecule is CC(CNC(=O)N1CCC(C2(C)OCCO2)CC1)c1ccsc1. The van der Waals surface area contributed by atoms with Crippen LogP contribution < -0.4 is 5.32 Å². The number of urea groups is 1. The minimum Gasteiger partial charge on any atom is -0.348 e. The van der Waals surface area contributed by atoms with Crippen molar-refractivity contribution in [3.63, 3.8) is 0 Å². The van der Waals surface area contributed by atoms with E-state index in [1.165, 1.54) is 5.56 Å². The van der Waals surface area contributed by atoms with Crippen LogP contribution in [0.2, 0.25) is 0 Å². The molecule has 1 aromatic heterocycles. The Morgan fingerprint density at radius 2 is 2.13 bits per heavy atom. The van der Waals surface area contributed by atoms with Gasteiger partial charge in [-0.3, -0.25) is 0 Å². The minimum absolute atomic E-state index is 0.0453. The first kappa shape index (κ1) is 16.7. The average molecular weight is 338 g/mol. The lowest BCUT2D eigenvalue weighted by atomic mass is 9.89. The topological polar surface area (TPSA) is 50.8 Å². The molecule has 1 N–H and O–H groups in total. The summed E-state index contributed by atoms with van der Waals surface area (Å²) in [6.45, 7) is 7.75. The summed E-state index contributed by atoms with van der Waals surface area (Å²) in [5.41, 5.74) is 1.29. The van der Waals surface area contributed by atoms with Gasteiger partial charge in [-0.25, -0.2) is 4.79 Å². The van der Waals surface area contributed by atoms with Crippen molar-refractivity contribution < 1.29 is 14.3 Å². The minimum atomic E-state index is -0.448. The van der Waals surface area contributed by atoms with Gasteiger partial charge in [-0.2, -0.15) is 11.3 Å². The first-order valence-corrected chi connectivity index (χ1v) is 9.35. The van der Waals surface area contributed by atoms with E-state index in [1.54, 1.807) is 11.3 Å². The zero-order valence-corrected chi connectivity index (χ0v) is 14.7. The largest absolute Gasteiger partial charge is 0.348 e. The van der Waals surface area contributed by atoms with Gasteiger partial charge in [0.05, 0.1) is 13.2 Å². The third-order valence-corrected chi connectivity index (χ3v) is 5.76. The van der Waals surface area contributed by atoms with Gasteiger partial charge >= 0.3 is 6.03 Å². The van der Waals surface area contributed by atoms with Gasteiger partial charge in [0.25, 0.3) is 0 Å². The van der Waals surface area contributed by atoms with Crippen LogP contribution in [0.25, 0.3) is 0 Å². The van der Waals surface area contributed by atoms with E-state index >= 15 is 0 Å². The Bertz CT molecular complexity index is 506. The Balaban J connectivity index is 1.43. The summed E-state index contributed by atoms with van der Waals surface area (Å²) in [6.07, 6.45) is 1.87.